The Labute approximate surface area is 133 Å². The molecule has 0 spiro atoms. The predicted molar refractivity (Wildman–Crippen MR) is 93.9 cm³/mol. The van der Waals surface area contributed by atoms with Crippen molar-refractivity contribution in [2.24, 2.45) is 0 Å². The van der Waals surface area contributed by atoms with Crippen molar-refractivity contribution < 1.29 is 4.79 Å². The van der Waals surface area contributed by atoms with Crippen LogP contribution in [0.1, 0.15) is 34.8 Å². The van der Waals surface area contributed by atoms with Crippen LogP contribution in [0, 0.1) is 13.8 Å². The van der Waals surface area contributed by atoms with Gasteiger partial charge in [0.05, 0.1) is 0 Å². The molecule has 0 aliphatic carbocycles. The van der Waals surface area contributed by atoms with E-state index in [1.165, 1.54) is 0 Å². The molecule has 0 aliphatic rings. The molecule has 0 saturated carbocycles. The molecule has 0 saturated heterocycles. The SMILES string of the molecule is CCCN(C)c1ccc(C(=O)Nc2c(C)cccc2C)cc1. The predicted octanol–water partition coefficient (Wildman–Crippen LogP) is 4.40. The summed E-state index contributed by atoms with van der Waals surface area (Å²) in [7, 11) is 2.06. The first-order valence-corrected chi connectivity index (χ1v) is 7.71. The molecule has 0 unspecified atom stereocenters. The van der Waals surface area contributed by atoms with Gasteiger partial charge in [0.25, 0.3) is 5.91 Å². The van der Waals surface area contributed by atoms with Crippen LogP contribution in [-0.2, 0) is 0 Å². The maximum absolute atomic E-state index is 12.4. The number of hydrogen-bond donors (Lipinski definition) is 1. The molecule has 22 heavy (non-hydrogen) atoms. The zero-order valence-corrected chi connectivity index (χ0v) is 13.8. The normalized spacial score (nSPS) is 10.4. The Balaban J connectivity index is 2.13. The van der Waals surface area contributed by atoms with Gasteiger partial charge in [0, 0.05) is 30.5 Å². The number of carbonyl (C=O) groups excluding carboxylic acids is 1. The molecule has 0 atom stereocenters. The van der Waals surface area contributed by atoms with Gasteiger partial charge in [-0.1, -0.05) is 25.1 Å². The van der Waals surface area contributed by atoms with Crippen LogP contribution in [0.4, 0.5) is 11.4 Å². The first-order chi connectivity index (χ1) is 10.5. The average molecular weight is 296 g/mol. The summed E-state index contributed by atoms with van der Waals surface area (Å²) in [6.07, 6.45) is 1.10. The van der Waals surface area contributed by atoms with E-state index < -0.39 is 0 Å². The second-order valence-electron chi connectivity index (χ2n) is 5.69. The minimum Gasteiger partial charge on any atom is -0.375 e. The molecule has 0 aromatic heterocycles. The highest BCUT2D eigenvalue weighted by molar-refractivity contribution is 6.05. The zero-order chi connectivity index (χ0) is 16.1. The van der Waals surface area contributed by atoms with E-state index in [-0.39, 0.29) is 5.91 Å². The summed E-state index contributed by atoms with van der Waals surface area (Å²) in [6.45, 7) is 7.17. The minimum absolute atomic E-state index is 0.0675. The van der Waals surface area contributed by atoms with Crippen molar-refractivity contribution in [2.75, 3.05) is 23.8 Å². The molecule has 0 fully saturated rings. The van der Waals surface area contributed by atoms with Crippen LogP contribution < -0.4 is 10.2 Å². The van der Waals surface area contributed by atoms with Crippen molar-refractivity contribution in [3.63, 3.8) is 0 Å². The molecule has 2 aromatic carbocycles. The van der Waals surface area contributed by atoms with Gasteiger partial charge < -0.3 is 10.2 Å². The molecule has 1 N–H and O–H groups in total. The fraction of sp³-hybridized carbons (Fsp3) is 0.316. The van der Waals surface area contributed by atoms with Crippen LogP contribution in [0.5, 0.6) is 0 Å². The average Bonchev–Trinajstić information content (AvgIpc) is 2.51. The third-order valence-corrected chi connectivity index (χ3v) is 3.85. The molecule has 2 rings (SSSR count). The van der Waals surface area contributed by atoms with Crippen LogP contribution in [-0.4, -0.2) is 19.5 Å². The van der Waals surface area contributed by atoms with E-state index in [1.54, 1.807) is 0 Å². The molecule has 0 aliphatic heterocycles. The molecular weight excluding hydrogens is 272 g/mol. The van der Waals surface area contributed by atoms with Crippen molar-refractivity contribution in [2.45, 2.75) is 27.2 Å². The Kier molecular flexibility index (Phi) is 5.21. The number of amides is 1. The van der Waals surface area contributed by atoms with Crippen LogP contribution >= 0.6 is 0 Å². The van der Waals surface area contributed by atoms with E-state index in [0.717, 1.165) is 35.5 Å². The van der Waals surface area contributed by atoms with E-state index >= 15 is 0 Å². The summed E-state index contributed by atoms with van der Waals surface area (Å²) in [5.41, 5.74) is 4.86. The topological polar surface area (TPSA) is 32.3 Å². The van der Waals surface area contributed by atoms with Crippen molar-refractivity contribution in [1.29, 1.82) is 0 Å². The molecular formula is C19H24N2O. The van der Waals surface area contributed by atoms with Crippen LogP contribution in [0.25, 0.3) is 0 Å². The number of anilines is 2. The summed E-state index contributed by atoms with van der Waals surface area (Å²) in [6, 6.07) is 13.8. The number of rotatable bonds is 5. The molecule has 1 amide bonds. The smallest absolute Gasteiger partial charge is 0.255 e. The Morgan fingerprint density at radius 1 is 1.05 bits per heavy atom. The van der Waals surface area contributed by atoms with Gasteiger partial charge in [-0.15, -0.1) is 0 Å². The van der Waals surface area contributed by atoms with Crippen molar-refractivity contribution >= 4 is 17.3 Å². The summed E-state index contributed by atoms with van der Waals surface area (Å²) >= 11 is 0. The quantitative estimate of drug-likeness (QED) is 0.887. The lowest BCUT2D eigenvalue weighted by Crippen LogP contribution is -2.18. The van der Waals surface area contributed by atoms with Gasteiger partial charge in [-0.2, -0.15) is 0 Å². The third-order valence-electron chi connectivity index (χ3n) is 3.85. The van der Waals surface area contributed by atoms with Crippen LogP contribution in [0.2, 0.25) is 0 Å². The molecule has 3 nitrogen and oxygen atoms in total. The monoisotopic (exact) mass is 296 g/mol. The lowest BCUT2D eigenvalue weighted by Gasteiger charge is -2.18. The first-order valence-electron chi connectivity index (χ1n) is 7.71. The third kappa shape index (κ3) is 3.67. The number of benzene rings is 2. The van der Waals surface area contributed by atoms with E-state index in [0.29, 0.717) is 5.56 Å². The van der Waals surface area contributed by atoms with Gasteiger partial charge in [-0.05, 0) is 55.7 Å². The number of nitrogens with one attached hydrogen (secondary N) is 1. The second kappa shape index (κ2) is 7.12. The largest absolute Gasteiger partial charge is 0.375 e. The summed E-state index contributed by atoms with van der Waals surface area (Å²) in [4.78, 5) is 14.6. The van der Waals surface area contributed by atoms with Gasteiger partial charge in [0.1, 0.15) is 0 Å². The second-order valence-corrected chi connectivity index (χ2v) is 5.69. The Morgan fingerprint density at radius 2 is 1.64 bits per heavy atom. The summed E-state index contributed by atoms with van der Waals surface area (Å²) in [5.74, 6) is -0.0675. The number of hydrogen-bond acceptors (Lipinski definition) is 2. The fourth-order valence-corrected chi connectivity index (χ4v) is 2.53. The van der Waals surface area contributed by atoms with Crippen molar-refractivity contribution in [1.82, 2.24) is 0 Å². The lowest BCUT2D eigenvalue weighted by molar-refractivity contribution is 0.102. The number of carbonyl (C=O) groups is 1. The molecule has 116 valence electrons. The Morgan fingerprint density at radius 3 is 2.18 bits per heavy atom. The fourth-order valence-electron chi connectivity index (χ4n) is 2.53. The number of para-hydroxylation sites is 1. The Bertz CT molecular complexity index is 627. The van der Waals surface area contributed by atoms with Gasteiger partial charge in [-0.25, -0.2) is 0 Å². The lowest BCUT2D eigenvalue weighted by atomic mass is 10.1. The molecule has 3 heteroatoms. The van der Waals surface area contributed by atoms with E-state index in [2.05, 4.69) is 24.2 Å². The van der Waals surface area contributed by atoms with E-state index in [9.17, 15) is 4.79 Å². The maximum Gasteiger partial charge on any atom is 0.255 e. The van der Waals surface area contributed by atoms with E-state index in [1.807, 2.05) is 56.3 Å². The van der Waals surface area contributed by atoms with Crippen molar-refractivity contribution in [3.8, 4) is 0 Å². The van der Waals surface area contributed by atoms with E-state index in [4.69, 9.17) is 0 Å². The van der Waals surface area contributed by atoms with Gasteiger partial charge in [-0.3, -0.25) is 4.79 Å². The highest BCUT2D eigenvalue weighted by Crippen LogP contribution is 2.21. The molecule has 0 heterocycles. The highest BCUT2D eigenvalue weighted by atomic mass is 16.1. The van der Waals surface area contributed by atoms with Crippen LogP contribution in [0.3, 0.4) is 0 Å². The molecule has 0 radical (unpaired) electrons. The summed E-state index contributed by atoms with van der Waals surface area (Å²) in [5, 5.41) is 3.02. The summed E-state index contributed by atoms with van der Waals surface area (Å²) < 4.78 is 0. The minimum atomic E-state index is -0.0675. The first kappa shape index (κ1) is 16.1. The highest BCUT2D eigenvalue weighted by Gasteiger charge is 2.10. The zero-order valence-electron chi connectivity index (χ0n) is 13.8. The maximum atomic E-state index is 12.4. The van der Waals surface area contributed by atoms with Crippen LogP contribution in [0.15, 0.2) is 42.5 Å². The number of aryl methyl sites for hydroxylation is 2. The van der Waals surface area contributed by atoms with Gasteiger partial charge >= 0.3 is 0 Å². The Hall–Kier alpha value is -2.29. The van der Waals surface area contributed by atoms with Crippen molar-refractivity contribution in [3.05, 3.63) is 59.2 Å². The van der Waals surface area contributed by atoms with Gasteiger partial charge in [0.2, 0.25) is 0 Å². The van der Waals surface area contributed by atoms with Gasteiger partial charge in [0.15, 0.2) is 0 Å². The standard InChI is InChI=1S/C19H24N2O/c1-5-13-21(4)17-11-9-16(10-12-17)19(22)20-18-14(2)7-6-8-15(18)3/h6-12H,5,13H2,1-4H3,(H,20,22). The molecule has 2 aromatic rings. The molecule has 0 bridgehead atoms. The number of nitrogens with zero attached hydrogens (tertiary/aromatic N) is 1.